The van der Waals surface area contributed by atoms with Gasteiger partial charge in [-0.3, -0.25) is 0 Å². The van der Waals surface area contributed by atoms with Crippen LogP contribution in [-0.2, 0) is 14.8 Å². The molecule has 1 aliphatic heterocycles. The van der Waals surface area contributed by atoms with E-state index < -0.39 is 16.0 Å². The second-order valence-electron chi connectivity index (χ2n) is 4.57. The number of sulfonamides is 1. The third-order valence-corrected chi connectivity index (χ3v) is 5.22. The minimum absolute atomic E-state index is 0.160. The monoisotopic (exact) mass is 300 g/mol. The van der Waals surface area contributed by atoms with Gasteiger partial charge < -0.3 is 15.6 Å². The first-order chi connectivity index (χ1) is 9.36. The molecule has 1 atom stereocenters. The van der Waals surface area contributed by atoms with Crippen molar-refractivity contribution in [3.8, 4) is 0 Å². The van der Waals surface area contributed by atoms with E-state index in [1.165, 1.54) is 23.5 Å². The molecule has 2 rings (SSSR count). The summed E-state index contributed by atoms with van der Waals surface area (Å²) in [4.78, 5) is 11.0. The first kappa shape index (κ1) is 14.8. The Hall–Kier alpha value is -1.64. The van der Waals surface area contributed by atoms with Gasteiger partial charge in [-0.1, -0.05) is 0 Å². The minimum Gasteiger partial charge on any atom is -0.478 e. The molecule has 0 amide bonds. The van der Waals surface area contributed by atoms with Crippen LogP contribution in [0.3, 0.4) is 0 Å². The Balaban J connectivity index is 2.42. The fraction of sp³-hybridized carbons (Fsp3) is 0.417. The number of ether oxygens (including phenoxy) is 1. The smallest absolute Gasteiger partial charge is 0.337 e. The van der Waals surface area contributed by atoms with E-state index in [4.69, 9.17) is 15.6 Å². The molecular formula is C12H16N2O5S. The molecule has 1 aromatic carbocycles. The number of hydrogen-bond acceptors (Lipinski definition) is 5. The molecule has 3 N–H and O–H groups in total. The van der Waals surface area contributed by atoms with Gasteiger partial charge in [0.25, 0.3) is 0 Å². The Morgan fingerprint density at radius 1 is 1.50 bits per heavy atom. The second kappa shape index (κ2) is 5.39. The van der Waals surface area contributed by atoms with Gasteiger partial charge in [-0.2, -0.15) is 4.31 Å². The van der Waals surface area contributed by atoms with Gasteiger partial charge in [0.15, 0.2) is 0 Å². The fourth-order valence-corrected chi connectivity index (χ4v) is 3.84. The van der Waals surface area contributed by atoms with Crippen LogP contribution < -0.4 is 5.73 Å². The van der Waals surface area contributed by atoms with Crippen LogP contribution in [0.25, 0.3) is 0 Å². The summed E-state index contributed by atoms with van der Waals surface area (Å²) >= 11 is 0. The lowest BCUT2D eigenvalue weighted by molar-refractivity contribution is 0.0692. The number of benzene rings is 1. The maximum Gasteiger partial charge on any atom is 0.337 e. The van der Waals surface area contributed by atoms with Crippen LogP contribution in [0, 0.1) is 0 Å². The van der Waals surface area contributed by atoms with Crippen LogP contribution in [0.15, 0.2) is 23.1 Å². The molecule has 0 bridgehead atoms. The van der Waals surface area contributed by atoms with E-state index in [0.29, 0.717) is 13.0 Å². The highest BCUT2D eigenvalue weighted by Gasteiger charge is 2.34. The number of hydrogen-bond donors (Lipinski definition) is 2. The summed E-state index contributed by atoms with van der Waals surface area (Å²) in [6.07, 6.45) is 0.430. The molecule has 0 aromatic heterocycles. The van der Waals surface area contributed by atoms with Gasteiger partial charge in [0.1, 0.15) is 0 Å². The largest absolute Gasteiger partial charge is 0.478 e. The van der Waals surface area contributed by atoms with Crippen molar-refractivity contribution in [2.24, 2.45) is 0 Å². The number of nitrogens with zero attached hydrogens (tertiary/aromatic N) is 1. The van der Waals surface area contributed by atoms with Crippen molar-refractivity contribution in [2.45, 2.75) is 17.4 Å². The van der Waals surface area contributed by atoms with Crippen molar-refractivity contribution in [1.82, 2.24) is 4.31 Å². The van der Waals surface area contributed by atoms with Crippen molar-refractivity contribution in [3.05, 3.63) is 23.8 Å². The number of anilines is 1. The average molecular weight is 300 g/mol. The van der Waals surface area contributed by atoms with E-state index in [-0.39, 0.29) is 28.8 Å². The summed E-state index contributed by atoms with van der Waals surface area (Å²) in [5.41, 5.74) is 5.41. The second-order valence-corrected chi connectivity index (χ2v) is 6.48. The first-order valence-corrected chi connectivity index (χ1v) is 7.46. The average Bonchev–Trinajstić information content (AvgIpc) is 2.87. The predicted octanol–water partition coefficient (Wildman–Crippen LogP) is 0.376. The van der Waals surface area contributed by atoms with Gasteiger partial charge in [-0.25, -0.2) is 13.2 Å². The molecule has 1 heterocycles. The van der Waals surface area contributed by atoms with Crippen molar-refractivity contribution < 1.29 is 23.1 Å². The molecule has 110 valence electrons. The van der Waals surface area contributed by atoms with Crippen LogP contribution in [-0.4, -0.2) is 50.1 Å². The molecule has 1 aliphatic rings. The quantitative estimate of drug-likeness (QED) is 0.778. The maximum atomic E-state index is 12.5. The Morgan fingerprint density at radius 3 is 2.75 bits per heavy atom. The van der Waals surface area contributed by atoms with Crippen molar-refractivity contribution >= 4 is 21.7 Å². The number of nitrogens with two attached hydrogens (primary N) is 1. The molecule has 0 aliphatic carbocycles. The van der Waals surface area contributed by atoms with Gasteiger partial charge in [0.2, 0.25) is 10.0 Å². The number of aromatic carboxylic acids is 1. The molecule has 1 fully saturated rings. The summed E-state index contributed by atoms with van der Waals surface area (Å²) < 4.78 is 31.4. The number of carbonyl (C=O) groups is 1. The van der Waals surface area contributed by atoms with E-state index in [0.717, 1.165) is 6.07 Å². The predicted molar refractivity (Wildman–Crippen MR) is 72.0 cm³/mol. The molecule has 7 nitrogen and oxygen atoms in total. The van der Waals surface area contributed by atoms with Crippen LogP contribution in [0.5, 0.6) is 0 Å². The molecule has 1 aromatic rings. The van der Waals surface area contributed by atoms with Crippen LogP contribution in [0.4, 0.5) is 5.69 Å². The lowest BCUT2D eigenvalue weighted by Gasteiger charge is -2.17. The third kappa shape index (κ3) is 2.62. The third-order valence-electron chi connectivity index (χ3n) is 3.29. The maximum absolute atomic E-state index is 12.5. The normalized spacial score (nSPS) is 20.1. The highest BCUT2D eigenvalue weighted by atomic mass is 32.2. The number of rotatable bonds is 4. The highest BCUT2D eigenvalue weighted by molar-refractivity contribution is 7.89. The van der Waals surface area contributed by atoms with E-state index in [9.17, 15) is 13.2 Å². The fourth-order valence-electron chi connectivity index (χ4n) is 2.19. The summed E-state index contributed by atoms with van der Waals surface area (Å²) in [5, 5.41) is 9.13. The van der Waals surface area contributed by atoms with Crippen molar-refractivity contribution in [3.63, 3.8) is 0 Å². The van der Waals surface area contributed by atoms with Crippen molar-refractivity contribution in [2.75, 3.05) is 25.9 Å². The van der Waals surface area contributed by atoms with E-state index >= 15 is 0 Å². The molecule has 1 unspecified atom stereocenters. The summed E-state index contributed by atoms with van der Waals surface area (Å²) in [6, 6.07) is 3.76. The molecule has 0 radical (unpaired) electrons. The molecule has 1 saturated heterocycles. The van der Waals surface area contributed by atoms with Gasteiger partial charge >= 0.3 is 5.97 Å². The Morgan fingerprint density at radius 2 is 2.20 bits per heavy atom. The molecular weight excluding hydrogens is 284 g/mol. The number of nitrogen functional groups attached to an aromatic ring is 1. The first-order valence-electron chi connectivity index (χ1n) is 6.02. The number of methoxy groups -OCH3 is 1. The summed E-state index contributed by atoms with van der Waals surface area (Å²) in [7, 11) is -2.34. The Labute approximate surface area is 117 Å². The zero-order valence-electron chi connectivity index (χ0n) is 10.9. The van der Waals surface area contributed by atoms with E-state index in [1.807, 2.05) is 0 Å². The van der Waals surface area contributed by atoms with E-state index in [1.54, 1.807) is 0 Å². The number of carboxylic acid groups (broad SMARTS) is 1. The van der Waals surface area contributed by atoms with Crippen LogP contribution in [0.2, 0.25) is 0 Å². The zero-order valence-corrected chi connectivity index (χ0v) is 11.8. The van der Waals surface area contributed by atoms with Gasteiger partial charge in [0.05, 0.1) is 16.6 Å². The Bertz CT molecular complexity index is 629. The standard InChI is InChI=1S/C12H16N2O5S/c1-19-9-4-5-14(7-9)20(17,18)11-3-2-8(13)6-10(11)12(15)16/h2-3,6,9H,4-5,7,13H2,1H3,(H,15,16). The summed E-state index contributed by atoms with van der Waals surface area (Å²) in [6.45, 7) is 0.534. The summed E-state index contributed by atoms with van der Waals surface area (Å²) in [5.74, 6) is -1.32. The lowest BCUT2D eigenvalue weighted by Crippen LogP contribution is -2.31. The topological polar surface area (TPSA) is 110 Å². The van der Waals surface area contributed by atoms with Gasteiger partial charge in [-0.05, 0) is 24.6 Å². The highest BCUT2D eigenvalue weighted by Crippen LogP contribution is 2.26. The van der Waals surface area contributed by atoms with Gasteiger partial charge in [0, 0.05) is 25.9 Å². The van der Waals surface area contributed by atoms with Crippen LogP contribution in [0.1, 0.15) is 16.8 Å². The SMILES string of the molecule is COC1CCN(S(=O)(=O)c2ccc(N)cc2C(=O)O)C1. The van der Waals surface area contributed by atoms with Crippen molar-refractivity contribution in [1.29, 1.82) is 0 Å². The van der Waals surface area contributed by atoms with E-state index in [2.05, 4.69) is 0 Å². The molecule has 0 saturated carbocycles. The van der Waals surface area contributed by atoms with Crippen LogP contribution >= 0.6 is 0 Å². The minimum atomic E-state index is -3.86. The number of carboxylic acids is 1. The zero-order chi connectivity index (χ0) is 14.9. The molecule has 8 heteroatoms. The lowest BCUT2D eigenvalue weighted by atomic mass is 10.2. The molecule has 0 spiro atoms. The molecule has 20 heavy (non-hydrogen) atoms. The van der Waals surface area contributed by atoms with Gasteiger partial charge in [-0.15, -0.1) is 0 Å². The Kier molecular flexibility index (Phi) is 3.98.